The predicted molar refractivity (Wildman–Crippen MR) is 66.9 cm³/mol. The van der Waals surface area contributed by atoms with E-state index in [-0.39, 0.29) is 17.1 Å². The summed E-state index contributed by atoms with van der Waals surface area (Å²) >= 11 is 3.06. The maximum absolute atomic E-state index is 11.8. The third-order valence-electron chi connectivity index (χ3n) is 1.96. The molecule has 1 aromatic rings. The Hall–Kier alpha value is -1.36. The van der Waals surface area contributed by atoms with Gasteiger partial charge < -0.3 is 10.2 Å². The minimum Gasteiger partial charge on any atom is -0.345 e. The predicted octanol–water partition coefficient (Wildman–Crippen LogP) is 1.72. The van der Waals surface area contributed by atoms with Crippen LogP contribution in [0.3, 0.4) is 0 Å². The Balaban J connectivity index is 3.00. The zero-order chi connectivity index (χ0) is 12.1. The van der Waals surface area contributed by atoms with E-state index in [0.717, 1.165) is 0 Å². The quantitative estimate of drug-likeness (QED) is 0.860. The lowest BCUT2D eigenvalue weighted by Gasteiger charge is -2.14. The first-order valence-electron chi connectivity index (χ1n) is 4.72. The second-order valence-electron chi connectivity index (χ2n) is 3.43. The molecule has 0 fully saturated rings. The van der Waals surface area contributed by atoms with E-state index in [1.54, 1.807) is 38.4 Å². The van der Waals surface area contributed by atoms with Gasteiger partial charge in [0.1, 0.15) is 0 Å². The van der Waals surface area contributed by atoms with Crippen molar-refractivity contribution in [2.45, 2.75) is 0 Å². The van der Waals surface area contributed by atoms with Gasteiger partial charge in [-0.1, -0.05) is 28.1 Å². The van der Waals surface area contributed by atoms with E-state index >= 15 is 0 Å². The molecule has 86 valence electrons. The van der Waals surface area contributed by atoms with Crippen LogP contribution >= 0.6 is 15.9 Å². The van der Waals surface area contributed by atoms with Crippen LogP contribution in [0.25, 0.3) is 0 Å². The molecule has 0 aliphatic carbocycles. The Morgan fingerprint density at radius 2 is 1.94 bits per heavy atom. The lowest BCUT2D eigenvalue weighted by Crippen LogP contribution is -2.24. The molecular weight excluding hydrogens is 272 g/mol. The van der Waals surface area contributed by atoms with Crippen LogP contribution in [-0.2, 0) is 4.79 Å². The summed E-state index contributed by atoms with van der Waals surface area (Å²) in [5.41, 5.74) is 1.02. The number of alkyl halides is 1. The third-order valence-corrected chi connectivity index (χ3v) is 2.47. The Bertz CT molecular complexity index is 405. The first-order valence-corrected chi connectivity index (χ1v) is 5.85. The average molecular weight is 285 g/mol. The molecule has 1 rings (SSSR count). The number of anilines is 1. The molecule has 0 saturated heterocycles. The number of carbonyl (C=O) groups excluding carboxylic acids is 2. The summed E-state index contributed by atoms with van der Waals surface area (Å²) < 4.78 is 0. The van der Waals surface area contributed by atoms with E-state index < -0.39 is 0 Å². The lowest BCUT2D eigenvalue weighted by molar-refractivity contribution is -0.113. The number of nitrogens with one attached hydrogen (secondary N) is 1. The maximum atomic E-state index is 11.8. The van der Waals surface area contributed by atoms with Crippen molar-refractivity contribution < 1.29 is 9.59 Å². The highest BCUT2D eigenvalue weighted by Gasteiger charge is 2.13. The molecule has 0 spiro atoms. The number of rotatable bonds is 3. The fraction of sp³-hybridized carbons (Fsp3) is 0.273. The van der Waals surface area contributed by atoms with E-state index in [2.05, 4.69) is 21.2 Å². The second-order valence-corrected chi connectivity index (χ2v) is 3.99. The molecule has 0 aliphatic rings. The zero-order valence-corrected chi connectivity index (χ0v) is 10.7. The number of benzene rings is 1. The van der Waals surface area contributed by atoms with Crippen molar-refractivity contribution in [3.05, 3.63) is 29.8 Å². The summed E-state index contributed by atoms with van der Waals surface area (Å²) in [5.74, 6) is -0.315. The van der Waals surface area contributed by atoms with Crippen molar-refractivity contribution in [3.63, 3.8) is 0 Å². The summed E-state index contributed by atoms with van der Waals surface area (Å²) in [6.45, 7) is 0. The largest absolute Gasteiger partial charge is 0.345 e. The number of carbonyl (C=O) groups is 2. The van der Waals surface area contributed by atoms with Crippen molar-refractivity contribution in [3.8, 4) is 0 Å². The SMILES string of the molecule is CN(C)C(=O)c1ccccc1NC(=O)CBr. The summed E-state index contributed by atoms with van der Waals surface area (Å²) in [5, 5.41) is 2.87. The van der Waals surface area contributed by atoms with Gasteiger partial charge in [0.25, 0.3) is 5.91 Å². The second kappa shape index (κ2) is 5.65. The van der Waals surface area contributed by atoms with E-state index in [9.17, 15) is 9.59 Å². The molecule has 0 aliphatic heterocycles. The Morgan fingerprint density at radius 1 is 1.31 bits per heavy atom. The molecule has 0 heterocycles. The molecule has 0 unspecified atom stereocenters. The van der Waals surface area contributed by atoms with Gasteiger partial charge in [-0.25, -0.2) is 0 Å². The molecule has 0 saturated carbocycles. The van der Waals surface area contributed by atoms with Crippen LogP contribution in [0.4, 0.5) is 5.69 Å². The summed E-state index contributed by atoms with van der Waals surface area (Å²) in [6.07, 6.45) is 0. The standard InChI is InChI=1S/C11H13BrN2O2/c1-14(2)11(16)8-5-3-4-6-9(8)13-10(15)7-12/h3-6H,7H2,1-2H3,(H,13,15). The number of halogens is 1. The van der Waals surface area contributed by atoms with E-state index in [0.29, 0.717) is 11.3 Å². The van der Waals surface area contributed by atoms with Crippen molar-refractivity contribution in [2.24, 2.45) is 0 Å². The number of para-hydroxylation sites is 1. The molecule has 4 nitrogen and oxygen atoms in total. The number of hydrogen-bond acceptors (Lipinski definition) is 2. The highest BCUT2D eigenvalue weighted by molar-refractivity contribution is 9.09. The van der Waals surface area contributed by atoms with Crippen LogP contribution in [0.5, 0.6) is 0 Å². The van der Waals surface area contributed by atoms with Gasteiger partial charge in [-0.3, -0.25) is 9.59 Å². The van der Waals surface area contributed by atoms with E-state index in [1.165, 1.54) is 4.90 Å². The summed E-state index contributed by atoms with van der Waals surface area (Å²) in [7, 11) is 3.34. The summed E-state index contributed by atoms with van der Waals surface area (Å²) in [4.78, 5) is 24.5. The van der Waals surface area contributed by atoms with Gasteiger partial charge in [0.05, 0.1) is 16.6 Å². The van der Waals surface area contributed by atoms with Crippen molar-refractivity contribution in [2.75, 3.05) is 24.7 Å². The molecule has 0 aromatic heterocycles. The first kappa shape index (κ1) is 12.7. The molecule has 2 amide bonds. The smallest absolute Gasteiger partial charge is 0.255 e. The van der Waals surface area contributed by atoms with Gasteiger partial charge in [-0.05, 0) is 12.1 Å². The van der Waals surface area contributed by atoms with Gasteiger partial charge in [0.15, 0.2) is 0 Å². The van der Waals surface area contributed by atoms with Crippen LogP contribution in [0.1, 0.15) is 10.4 Å². The number of nitrogens with zero attached hydrogens (tertiary/aromatic N) is 1. The van der Waals surface area contributed by atoms with Crippen LogP contribution in [0, 0.1) is 0 Å². The van der Waals surface area contributed by atoms with Crippen LogP contribution in [-0.4, -0.2) is 36.1 Å². The highest BCUT2D eigenvalue weighted by atomic mass is 79.9. The van der Waals surface area contributed by atoms with E-state index in [1.807, 2.05) is 0 Å². The Morgan fingerprint density at radius 3 is 2.50 bits per heavy atom. The molecule has 16 heavy (non-hydrogen) atoms. The molecule has 5 heteroatoms. The minimum atomic E-state index is -0.181. The molecular formula is C11H13BrN2O2. The fourth-order valence-corrected chi connectivity index (χ4v) is 1.34. The topological polar surface area (TPSA) is 49.4 Å². The zero-order valence-electron chi connectivity index (χ0n) is 9.16. The van der Waals surface area contributed by atoms with Crippen LogP contribution in [0.2, 0.25) is 0 Å². The van der Waals surface area contributed by atoms with Gasteiger partial charge in [0, 0.05) is 14.1 Å². The highest BCUT2D eigenvalue weighted by Crippen LogP contribution is 2.16. The molecule has 0 atom stereocenters. The van der Waals surface area contributed by atoms with Gasteiger partial charge >= 0.3 is 0 Å². The maximum Gasteiger partial charge on any atom is 0.255 e. The Labute approximate surface area is 103 Å². The first-order chi connectivity index (χ1) is 7.56. The van der Waals surface area contributed by atoms with Crippen molar-refractivity contribution in [1.29, 1.82) is 0 Å². The third kappa shape index (κ3) is 3.06. The fourth-order valence-electron chi connectivity index (χ4n) is 1.20. The minimum absolute atomic E-state index is 0.134. The number of amides is 2. The number of hydrogen-bond donors (Lipinski definition) is 1. The van der Waals surface area contributed by atoms with Crippen LogP contribution in [0.15, 0.2) is 24.3 Å². The van der Waals surface area contributed by atoms with Crippen molar-refractivity contribution >= 4 is 33.4 Å². The van der Waals surface area contributed by atoms with E-state index in [4.69, 9.17) is 0 Å². The lowest BCUT2D eigenvalue weighted by atomic mass is 10.1. The molecule has 1 aromatic carbocycles. The average Bonchev–Trinajstić information content (AvgIpc) is 2.28. The summed E-state index contributed by atoms with van der Waals surface area (Å²) in [6, 6.07) is 6.93. The molecule has 0 radical (unpaired) electrons. The molecule has 0 bridgehead atoms. The Kier molecular flexibility index (Phi) is 4.49. The van der Waals surface area contributed by atoms with Crippen LogP contribution < -0.4 is 5.32 Å². The normalized spacial score (nSPS) is 9.69. The van der Waals surface area contributed by atoms with Gasteiger partial charge in [0.2, 0.25) is 5.91 Å². The van der Waals surface area contributed by atoms with Crippen molar-refractivity contribution in [1.82, 2.24) is 4.90 Å². The van der Waals surface area contributed by atoms with Gasteiger partial charge in [-0.2, -0.15) is 0 Å². The molecule has 1 N–H and O–H groups in total. The van der Waals surface area contributed by atoms with Gasteiger partial charge in [-0.15, -0.1) is 0 Å². The monoisotopic (exact) mass is 284 g/mol.